The van der Waals surface area contributed by atoms with E-state index in [1.807, 2.05) is 58.0 Å². The first-order chi connectivity index (χ1) is 15.9. The second-order valence-electron chi connectivity index (χ2n) is 7.76. The van der Waals surface area contributed by atoms with Crippen LogP contribution < -0.4 is 15.6 Å². The molecule has 4 aromatic rings. The molecule has 0 bridgehead atoms. The predicted molar refractivity (Wildman–Crippen MR) is 128 cm³/mol. The first-order valence-corrected chi connectivity index (χ1v) is 11.0. The quantitative estimate of drug-likeness (QED) is 0.461. The number of carbonyl (C=O) groups excluding carboxylic acids is 1. The van der Waals surface area contributed by atoms with Gasteiger partial charge in [0, 0.05) is 5.69 Å². The Balaban J connectivity index is 1.70. The molecular formula is C25H27N5O3. The van der Waals surface area contributed by atoms with E-state index in [2.05, 4.69) is 15.5 Å². The van der Waals surface area contributed by atoms with Crippen molar-refractivity contribution in [1.29, 1.82) is 0 Å². The lowest BCUT2D eigenvalue weighted by Gasteiger charge is -2.17. The van der Waals surface area contributed by atoms with Crippen molar-refractivity contribution in [2.24, 2.45) is 0 Å². The third kappa shape index (κ3) is 4.24. The Labute approximate surface area is 191 Å². The molecule has 0 unspecified atom stereocenters. The molecule has 0 aliphatic carbocycles. The minimum atomic E-state index is -0.769. The Kier molecular flexibility index (Phi) is 6.26. The molecular weight excluding hydrogens is 418 g/mol. The topological polar surface area (TPSA) is 91.0 Å². The smallest absolute Gasteiger partial charge is 0.295 e. The van der Waals surface area contributed by atoms with E-state index in [-0.39, 0.29) is 11.5 Å². The lowest BCUT2D eigenvalue weighted by Crippen LogP contribution is -2.35. The molecule has 0 aliphatic rings. The van der Waals surface area contributed by atoms with Gasteiger partial charge in [-0.15, -0.1) is 0 Å². The summed E-state index contributed by atoms with van der Waals surface area (Å²) in [5.74, 6) is 0.417. The Hall–Kier alpha value is -3.94. The summed E-state index contributed by atoms with van der Waals surface area (Å²) in [7, 11) is 0. The van der Waals surface area contributed by atoms with Gasteiger partial charge in [0.15, 0.2) is 5.52 Å². The number of nitrogens with one attached hydrogen (secondary N) is 1. The molecule has 1 amide bonds. The minimum absolute atomic E-state index is 0.302. The van der Waals surface area contributed by atoms with Crippen molar-refractivity contribution in [3.05, 3.63) is 76.3 Å². The number of aromatic nitrogens is 4. The van der Waals surface area contributed by atoms with Crippen LogP contribution in [0, 0.1) is 13.8 Å². The highest BCUT2D eigenvalue weighted by Crippen LogP contribution is 2.23. The van der Waals surface area contributed by atoms with Gasteiger partial charge in [-0.1, -0.05) is 25.1 Å². The molecule has 4 rings (SSSR count). The molecule has 0 aliphatic heterocycles. The summed E-state index contributed by atoms with van der Waals surface area (Å²) in [6.45, 7) is 8.08. The maximum absolute atomic E-state index is 13.4. The minimum Gasteiger partial charge on any atom is -0.494 e. The number of carbonyl (C=O) groups is 1. The van der Waals surface area contributed by atoms with Crippen molar-refractivity contribution in [1.82, 2.24) is 19.6 Å². The van der Waals surface area contributed by atoms with Gasteiger partial charge in [-0.2, -0.15) is 10.2 Å². The van der Waals surface area contributed by atoms with Gasteiger partial charge < -0.3 is 10.1 Å². The molecule has 33 heavy (non-hydrogen) atoms. The molecule has 0 spiro atoms. The largest absolute Gasteiger partial charge is 0.494 e. The van der Waals surface area contributed by atoms with Gasteiger partial charge in [0.1, 0.15) is 11.8 Å². The monoisotopic (exact) mass is 445 g/mol. The predicted octanol–water partition coefficient (Wildman–Crippen LogP) is 4.19. The fourth-order valence-electron chi connectivity index (χ4n) is 3.98. The first kappa shape index (κ1) is 22.3. The number of nitrogens with zero attached hydrogens (tertiary/aromatic N) is 4. The summed E-state index contributed by atoms with van der Waals surface area (Å²) < 4.78 is 8.44. The van der Waals surface area contributed by atoms with Gasteiger partial charge in [0.2, 0.25) is 5.91 Å². The molecule has 2 aromatic heterocycles. The molecule has 170 valence electrons. The SMILES string of the molecule is CCOc1ccc(NC(=O)[C@@H](CC)n2nc(C)c3c(C)n(-c4ccccc4)nc3c2=O)cc1. The van der Waals surface area contributed by atoms with Crippen molar-refractivity contribution >= 4 is 22.5 Å². The summed E-state index contributed by atoms with van der Waals surface area (Å²) >= 11 is 0. The van der Waals surface area contributed by atoms with Crippen molar-refractivity contribution in [2.75, 3.05) is 11.9 Å². The van der Waals surface area contributed by atoms with Gasteiger partial charge in [0.25, 0.3) is 5.56 Å². The average Bonchev–Trinajstić information content (AvgIpc) is 3.17. The van der Waals surface area contributed by atoms with E-state index in [0.717, 1.165) is 17.1 Å². The van der Waals surface area contributed by atoms with Crippen LogP contribution >= 0.6 is 0 Å². The van der Waals surface area contributed by atoms with Crippen LogP contribution in [0.4, 0.5) is 5.69 Å². The molecule has 8 heteroatoms. The lowest BCUT2D eigenvalue weighted by atomic mass is 10.1. The van der Waals surface area contributed by atoms with E-state index in [1.54, 1.807) is 28.9 Å². The van der Waals surface area contributed by atoms with E-state index in [4.69, 9.17) is 4.74 Å². The second-order valence-corrected chi connectivity index (χ2v) is 7.76. The number of hydrogen-bond donors (Lipinski definition) is 1. The summed E-state index contributed by atoms with van der Waals surface area (Å²) in [5, 5.41) is 12.7. The third-order valence-electron chi connectivity index (χ3n) is 5.56. The summed E-state index contributed by atoms with van der Waals surface area (Å²) in [5.41, 5.74) is 2.88. The average molecular weight is 446 g/mol. The van der Waals surface area contributed by atoms with E-state index < -0.39 is 6.04 Å². The van der Waals surface area contributed by atoms with Gasteiger partial charge in [-0.25, -0.2) is 9.36 Å². The highest BCUT2D eigenvalue weighted by Gasteiger charge is 2.25. The Morgan fingerprint density at radius 1 is 1.03 bits per heavy atom. The molecule has 0 fully saturated rings. The molecule has 0 saturated carbocycles. The van der Waals surface area contributed by atoms with Gasteiger partial charge in [0.05, 0.1) is 29.1 Å². The molecule has 2 aromatic carbocycles. The zero-order valence-corrected chi connectivity index (χ0v) is 19.2. The van der Waals surface area contributed by atoms with Crippen LogP contribution in [0.25, 0.3) is 16.6 Å². The molecule has 0 saturated heterocycles. The Bertz CT molecular complexity index is 1340. The third-order valence-corrected chi connectivity index (χ3v) is 5.56. The molecule has 0 radical (unpaired) electrons. The van der Waals surface area contributed by atoms with Gasteiger partial charge in [-0.05, 0) is 63.6 Å². The summed E-state index contributed by atoms with van der Waals surface area (Å²) in [6, 6.07) is 16.0. The normalized spacial score (nSPS) is 12.0. The number of para-hydroxylation sites is 1. The standard InChI is InChI=1S/C25H27N5O3/c1-5-21(24(31)26-18-12-14-20(15-13-18)33-6-2)30-25(32)23-22(16(3)27-30)17(4)29(28-23)19-10-8-7-9-11-19/h7-15,21H,5-6H2,1-4H3,(H,26,31)/t21-/m1/s1. The highest BCUT2D eigenvalue weighted by molar-refractivity contribution is 5.94. The van der Waals surface area contributed by atoms with Crippen LogP contribution in [0.15, 0.2) is 59.4 Å². The number of hydrogen-bond acceptors (Lipinski definition) is 5. The van der Waals surface area contributed by atoms with E-state index in [9.17, 15) is 9.59 Å². The number of rotatable bonds is 7. The lowest BCUT2D eigenvalue weighted by molar-refractivity contribution is -0.119. The van der Waals surface area contributed by atoms with Crippen molar-refractivity contribution < 1.29 is 9.53 Å². The Morgan fingerprint density at radius 2 is 1.73 bits per heavy atom. The van der Waals surface area contributed by atoms with Gasteiger partial charge >= 0.3 is 0 Å². The fourth-order valence-corrected chi connectivity index (χ4v) is 3.98. The van der Waals surface area contributed by atoms with Crippen LogP contribution in [-0.2, 0) is 4.79 Å². The zero-order valence-electron chi connectivity index (χ0n) is 19.2. The number of amides is 1. The van der Waals surface area contributed by atoms with Crippen LogP contribution in [0.3, 0.4) is 0 Å². The van der Waals surface area contributed by atoms with E-state index in [0.29, 0.717) is 35.3 Å². The van der Waals surface area contributed by atoms with E-state index >= 15 is 0 Å². The number of ether oxygens (including phenoxy) is 1. The summed E-state index contributed by atoms with van der Waals surface area (Å²) in [6.07, 6.45) is 0.402. The fraction of sp³-hybridized carbons (Fsp3) is 0.280. The zero-order chi connectivity index (χ0) is 23.5. The van der Waals surface area contributed by atoms with Crippen molar-refractivity contribution in [3.8, 4) is 11.4 Å². The highest BCUT2D eigenvalue weighted by atomic mass is 16.5. The number of benzene rings is 2. The second kappa shape index (κ2) is 9.28. The van der Waals surface area contributed by atoms with Crippen molar-refractivity contribution in [2.45, 2.75) is 40.2 Å². The van der Waals surface area contributed by atoms with E-state index in [1.165, 1.54) is 4.68 Å². The van der Waals surface area contributed by atoms with Gasteiger partial charge in [-0.3, -0.25) is 9.59 Å². The number of aryl methyl sites for hydroxylation is 2. The molecule has 1 atom stereocenters. The molecule has 1 N–H and O–H groups in total. The maximum atomic E-state index is 13.4. The van der Waals surface area contributed by atoms with Crippen LogP contribution in [0.2, 0.25) is 0 Å². The number of fused-ring (bicyclic) bond motifs is 1. The summed E-state index contributed by atoms with van der Waals surface area (Å²) in [4.78, 5) is 26.5. The van der Waals surface area contributed by atoms with Crippen LogP contribution in [0.5, 0.6) is 5.75 Å². The van der Waals surface area contributed by atoms with Crippen LogP contribution in [0.1, 0.15) is 37.7 Å². The number of anilines is 1. The maximum Gasteiger partial charge on any atom is 0.295 e. The van der Waals surface area contributed by atoms with Crippen molar-refractivity contribution in [3.63, 3.8) is 0 Å². The first-order valence-electron chi connectivity index (χ1n) is 11.0. The Morgan fingerprint density at radius 3 is 2.36 bits per heavy atom. The van der Waals surface area contributed by atoms with Crippen LogP contribution in [-0.4, -0.2) is 32.1 Å². The molecule has 2 heterocycles. The molecule has 8 nitrogen and oxygen atoms in total.